The quantitative estimate of drug-likeness (QED) is 0.487. The van der Waals surface area contributed by atoms with Crippen molar-refractivity contribution in [2.45, 2.75) is 6.54 Å². The van der Waals surface area contributed by atoms with Crippen molar-refractivity contribution in [3.05, 3.63) is 23.8 Å². The largest absolute Gasteiger partial charge is 0.397 e. The lowest BCUT2D eigenvalue weighted by Gasteiger charge is -2.03. The van der Waals surface area contributed by atoms with E-state index in [4.69, 9.17) is 17.2 Å². The third kappa shape index (κ3) is 1.04. The average molecular weight is 137 g/mol. The Labute approximate surface area is 59.8 Å². The van der Waals surface area contributed by atoms with Gasteiger partial charge in [-0.15, -0.1) is 0 Å². The van der Waals surface area contributed by atoms with E-state index in [1.54, 1.807) is 6.07 Å². The Morgan fingerprint density at radius 3 is 2.40 bits per heavy atom. The van der Waals surface area contributed by atoms with Gasteiger partial charge in [-0.1, -0.05) is 12.1 Å². The van der Waals surface area contributed by atoms with Crippen molar-refractivity contribution in [2.24, 2.45) is 5.73 Å². The molecule has 0 aliphatic heterocycles. The first-order valence-corrected chi connectivity index (χ1v) is 3.08. The average Bonchev–Trinajstić information content (AvgIpc) is 1.95. The predicted molar refractivity (Wildman–Crippen MR) is 43.2 cm³/mol. The Balaban J connectivity index is 3.14. The second-order valence-electron chi connectivity index (χ2n) is 2.12. The standard InChI is InChI=1S/C7H11N3/c8-4-5-2-1-3-6(9)7(5)10/h1-3H,4,8-10H2. The lowest BCUT2D eigenvalue weighted by atomic mass is 10.1. The molecule has 6 N–H and O–H groups in total. The summed E-state index contributed by atoms with van der Waals surface area (Å²) in [6, 6.07) is 5.47. The number of nitrogens with two attached hydrogens (primary N) is 3. The molecule has 0 bridgehead atoms. The van der Waals surface area contributed by atoms with E-state index in [1.807, 2.05) is 12.1 Å². The number of benzene rings is 1. The fourth-order valence-corrected chi connectivity index (χ4v) is 0.811. The molecule has 1 aromatic rings. The maximum Gasteiger partial charge on any atom is 0.0593 e. The van der Waals surface area contributed by atoms with Gasteiger partial charge in [-0.25, -0.2) is 0 Å². The number of nitrogen functional groups attached to an aromatic ring is 2. The maximum atomic E-state index is 5.59. The molecule has 1 aromatic carbocycles. The van der Waals surface area contributed by atoms with Crippen LogP contribution < -0.4 is 17.2 Å². The van der Waals surface area contributed by atoms with Crippen LogP contribution in [0.1, 0.15) is 5.56 Å². The molecule has 1 rings (SSSR count). The number of hydrogen-bond donors (Lipinski definition) is 3. The lowest BCUT2D eigenvalue weighted by molar-refractivity contribution is 1.08. The van der Waals surface area contributed by atoms with Crippen LogP contribution in [0.5, 0.6) is 0 Å². The van der Waals surface area contributed by atoms with Crippen LogP contribution in [0.3, 0.4) is 0 Å². The normalized spacial score (nSPS) is 9.70. The molecule has 0 saturated carbocycles. The zero-order valence-electron chi connectivity index (χ0n) is 5.67. The molecule has 54 valence electrons. The molecule has 0 aromatic heterocycles. The van der Waals surface area contributed by atoms with Crippen LogP contribution in [0, 0.1) is 0 Å². The summed E-state index contributed by atoms with van der Waals surface area (Å²) in [6.45, 7) is 0.441. The summed E-state index contributed by atoms with van der Waals surface area (Å²) in [6.07, 6.45) is 0. The zero-order chi connectivity index (χ0) is 7.56. The van der Waals surface area contributed by atoms with E-state index < -0.39 is 0 Å². The van der Waals surface area contributed by atoms with E-state index in [9.17, 15) is 0 Å². The number of hydrogen-bond acceptors (Lipinski definition) is 3. The van der Waals surface area contributed by atoms with Crippen molar-refractivity contribution >= 4 is 11.4 Å². The molecule has 0 heterocycles. The smallest absolute Gasteiger partial charge is 0.0593 e. The number of anilines is 2. The third-order valence-corrected chi connectivity index (χ3v) is 1.45. The zero-order valence-corrected chi connectivity index (χ0v) is 5.67. The van der Waals surface area contributed by atoms with Gasteiger partial charge in [0.15, 0.2) is 0 Å². The SMILES string of the molecule is NCc1cccc(N)c1N. The molecule has 0 unspecified atom stereocenters. The predicted octanol–water partition coefficient (Wildman–Crippen LogP) is 0.310. The van der Waals surface area contributed by atoms with Crippen molar-refractivity contribution in [3.63, 3.8) is 0 Å². The van der Waals surface area contributed by atoms with Gasteiger partial charge in [0.25, 0.3) is 0 Å². The van der Waals surface area contributed by atoms with E-state index >= 15 is 0 Å². The van der Waals surface area contributed by atoms with Gasteiger partial charge in [-0.2, -0.15) is 0 Å². The summed E-state index contributed by atoms with van der Waals surface area (Å²) in [4.78, 5) is 0. The minimum Gasteiger partial charge on any atom is -0.397 e. The molecule has 0 saturated heterocycles. The Kier molecular flexibility index (Phi) is 1.78. The molecule has 0 aliphatic rings. The van der Waals surface area contributed by atoms with Crippen molar-refractivity contribution in [3.8, 4) is 0 Å². The molecule has 0 aliphatic carbocycles. The van der Waals surface area contributed by atoms with Crippen LogP contribution in [0.4, 0.5) is 11.4 Å². The van der Waals surface area contributed by atoms with Gasteiger partial charge in [0.05, 0.1) is 11.4 Å². The highest BCUT2D eigenvalue weighted by atomic mass is 14.7. The van der Waals surface area contributed by atoms with E-state index in [2.05, 4.69) is 0 Å². The highest BCUT2D eigenvalue weighted by molar-refractivity contribution is 5.66. The highest BCUT2D eigenvalue weighted by Crippen LogP contribution is 2.17. The minimum absolute atomic E-state index is 0.441. The minimum atomic E-state index is 0.441. The van der Waals surface area contributed by atoms with Gasteiger partial charge < -0.3 is 17.2 Å². The molecule has 0 fully saturated rings. The first-order valence-electron chi connectivity index (χ1n) is 3.08. The van der Waals surface area contributed by atoms with Gasteiger partial charge >= 0.3 is 0 Å². The van der Waals surface area contributed by atoms with E-state index in [0.29, 0.717) is 17.9 Å². The van der Waals surface area contributed by atoms with Crippen LogP contribution in [-0.2, 0) is 6.54 Å². The van der Waals surface area contributed by atoms with Gasteiger partial charge in [-0.3, -0.25) is 0 Å². The molecule has 0 radical (unpaired) electrons. The van der Waals surface area contributed by atoms with Crippen molar-refractivity contribution in [1.82, 2.24) is 0 Å². The summed E-state index contributed by atoms with van der Waals surface area (Å²) in [7, 11) is 0. The first-order chi connectivity index (χ1) is 4.75. The summed E-state index contributed by atoms with van der Waals surface area (Å²) in [5, 5.41) is 0. The van der Waals surface area contributed by atoms with Crippen molar-refractivity contribution in [2.75, 3.05) is 11.5 Å². The van der Waals surface area contributed by atoms with E-state index in [1.165, 1.54) is 0 Å². The van der Waals surface area contributed by atoms with E-state index in [0.717, 1.165) is 5.56 Å². The molecule has 0 atom stereocenters. The Bertz CT molecular complexity index is 232. The van der Waals surface area contributed by atoms with Gasteiger partial charge in [0, 0.05) is 6.54 Å². The Morgan fingerprint density at radius 1 is 1.20 bits per heavy atom. The van der Waals surface area contributed by atoms with Crippen LogP contribution in [0.2, 0.25) is 0 Å². The Hall–Kier alpha value is -1.22. The van der Waals surface area contributed by atoms with E-state index in [-0.39, 0.29) is 0 Å². The molecular weight excluding hydrogens is 126 g/mol. The fourth-order valence-electron chi connectivity index (χ4n) is 0.811. The van der Waals surface area contributed by atoms with Crippen molar-refractivity contribution in [1.29, 1.82) is 0 Å². The van der Waals surface area contributed by atoms with Crippen LogP contribution in [0.15, 0.2) is 18.2 Å². The lowest BCUT2D eigenvalue weighted by Crippen LogP contribution is -2.03. The Morgan fingerprint density at radius 2 is 1.90 bits per heavy atom. The molecule has 3 nitrogen and oxygen atoms in total. The topological polar surface area (TPSA) is 78.1 Å². The summed E-state index contributed by atoms with van der Waals surface area (Å²) < 4.78 is 0. The second-order valence-corrected chi connectivity index (χ2v) is 2.12. The summed E-state index contributed by atoms with van der Waals surface area (Å²) >= 11 is 0. The highest BCUT2D eigenvalue weighted by Gasteiger charge is 1.97. The first kappa shape index (κ1) is 6.89. The molecule has 3 heteroatoms. The molecule has 0 amide bonds. The van der Waals surface area contributed by atoms with Gasteiger partial charge in [-0.05, 0) is 11.6 Å². The number of rotatable bonds is 1. The molecular formula is C7H11N3. The van der Waals surface area contributed by atoms with Crippen LogP contribution >= 0.6 is 0 Å². The van der Waals surface area contributed by atoms with Gasteiger partial charge in [0.2, 0.25) is 0 Å². The molecule has 10 heavy (non-hydrogen) atoms. The fraction of sp³-hybridized carbons (Fsp3) is 0.143. The third-order valence-electron chi connectivity index (χ3n) is 1.45. The van der Waals surface area contributed by atoms with Crippen molar-refractivity contribution < 1.29 is 0 Å². The summed E-state index contributed by atoms with van der Waals surface area (Å²) in [5.41, 5.74) is 18.6. The maximum absolute atomic E-state index is 5.59. The molecule has 0 spiro atoms. The van der Waals surface area contributed by atoms with Crippen LogP contribution in [0.25, 0.3) is 0 Å². The number of para-hydroxylation sites is 1. The van der Waals surface area contributed by atoms with Crippen LogP contribution in [-0.4, -0.2) is 0 Å². The van der Waals surface area contributed by atoms with Gasteiger partial charge in [0.1, 0.15) is 0 Å². The summed E-state index contributed by atoms with van der Waals surface area (Å²) in [5.74, 6) is 0. The second kappa shape index (κ2) is 2.58. The monoisotopic (exact) mass is 137 g/mol.